The first-order valence-electron chi connectivity index (χ1n) is 6.69. The van der Waals surface area contributed by atoms with Crippen LogP contribution in [0, 0.1) is 0 Å². The van der Waals surface area contributed by atoms with E-state index in [1.54, 1.807) is 7.11 Å². The molecule has 0 heterocycles. The van der Waals surface area contributed by atoms with Crippen molar-refractivity contribution < 1.29 is 14.6 Å². The standard InChI is InChI=1S/C15H21NO3/c1-19-15(8-5-9-15)10-14(18)16-13(11-17)12-6-3-2-4-7-12/h2-4,6-7,13,17H,5,8-11H2,1H3,(H,16,18)/t13-/m1/s1. The summed E-state index contributed by atoms with van der Waals surface area (Å²) in [5.41, 5.74) is 0.638. The number of benzene rings is 1. The molecule has 0 radical (unpaired) electrons. The van der Waals surface area contributed by atoms with Gasteiger partial charge in [0.1, 0.15) is 0 Å². The number of aliphatic hydroxyl groups excluding tert-OH is 1. The maximum atomic E-state index is 12.1. The summed E-state index contributed by atoms with van der Waals surface area (Å²) in [6, 6.07) is 9.16. The number of carbonyl (C=O) groups is 1. The van der Waals surface area contributed by atoms with Gasteiger partial charge in [0.15, 0.2) is 0 Å². The molecular formula is C15H21NO3. The van der Waals surface area contributed by atoms with E-state index < -0.39 is 0 Å². The summed E-state index contributed by atoms with van der Waals surface area (Å²) in [4.78, 5) is 12.1. The molecule has 1 aliphatic rings. The quantitative estimate of drug-likeness (QED) is 0.822. The number of carbonyl (C=O) groups excluding carboxylic acids is 1. The first-order valence-corrected chi connectivity index (χ1v) is 6.69. The van der Waals surface area contributed by atoms with Crippen LogP contribution < -0.4 is 5.32 Å². The van der Waals surface area contributed by atoms with Gasteiger partial charge in [-0.2, -0.15) is 0 Å². The van der Waals surface area contributed by atoms with Crippen LogP contribution in [0.15, 0.2) is 30.3 Å². The SMILES string of the molecule is COC1(CC(=O)N[C@H](CO)c2ccccc2)CCC1. The molecule has 1 amide bonds. The van der Waals surface area contributed by atoms with E-state index in [0.29, 0.717) is 6.42 Å². The molecule has 2 rings (SSSR count). The normalized spacial score (nSPS) is 18.4. The van der Waals surface area contributed by atoms with Crippen LogP contribution in [0.3, 0.4) is 0 Å². The lowest BCUT2D eigenvalue weighted by Crippen LogP contribution is -2.44. The highest BCUT2D eigenvalue weighted by atomic mass is 16.5. The van der Waals surface area contributed by atoms with Gasteiger partial charge in [-0.3, -0.25) is 4.79 Å². The van der Waals surface area contributed by atoms with Crippen LogP contribution in [0.2, 0.25) is 0 Å². The zero-order chi connectivity index (χ0) is 13.7. The van der Waals surface area contributed by atoms with Gasteiger partial charge in [-0.1, -0.05) is 30.3 Å². The summed E-state index contributed by atoms with van der Waals surface area (Å²) in [5, 5.41) is 12.3. The third-order valence-corrected chi connectivity index (χ3v) is 3.90. The third-order valence-electron chi connectivity index (χ3n) is 3.90. The summed E-state index contributed by atoms with van der Waals surface area (Å²) in [5.74, 6) is -0.0653. The second-order valence-electron chi connectivity index (χ2n) is 5.13. The fourth-order valence-electron chi connectivity index (χ4n) is 2.48. The molecule has 1 saturated carbocycles. The van der Waals surface area contributed by atoms with Crippen molar-refractivity contribution in [1.29, 1.82) is 0 Å². The number of nitrogens with one attached hydrogen (secondary N) is 1. The molecule has 104 valence electrons. The topological polar surface area (TPSA) is 58.6 Å². The first kappa shape index (κ1) is 14.0. The van der Waals surface area contributed by atoms with Gasteiger partial charge in [0.25, 0.3) is 0 Å². The van der Waals surface area contributed by atoms with Gasteiger partial charge in [-0.25, -0.2) is 0 Å². The molecule has 0 bridgehead atoms. The lowest BCUT2D eigenvalue weighted by molar-refractivity contribution is -0.135. The molecule has 1 fully saturated rings. The minimum Gasteiger partial charge on any atom is -0.394 e. The number of hydrogen-bond acceptors (Lipinski definition) is 3. The number of amides is 1. The second kappa shape index (κ2) is 6.17. The third kappa shape index (κ3) is 3.33. The smallest absolute Gasteiger partial charge is 0.223 e. The van der Waals surface area contributed by atoms with Crippen molar-refractivity contribution in [2.24, 2.45) is 0 Å². The van der Waals surface area contributed by atoms with Gasteiger partial charge in [0.05, 0.1) is 24.7 Å². The van der Waals surface area contributed by atoms with Gasteiger partial charge < -0.3 is 15.2 Å². The molecule has 1 aliphatic carbocycles. The molecule has 1 aromatic rings. The minimum atomic E-state index is -0.345. The van der Waals surface area contributed by atoms with Gasteiger partial charge in [0.2, 0.25) is 5.91 Å². The molecule has 1 atom stereocenters. The summed E-state index contributed by atoms with van der Waals surface area (Å²) in [6.45, 7) is -0.101. The molecule has 0 aliphatic heterocycles. The molecule has 0 spiro atoms. The van der Waals surface area contributed by atoms with Crippen LogP contribution in [-0.4, -0.2) is 30.3 Å². The Labute approximate surface area is 113 Å². The number of aliphatic hydroxyl groups is 1. The van der Waals surface area contributed by atoms with E-state index in [1.807, 2.05) is 30.3 Å². The van der Waals surface area contributed by atoms with Crippen LogP contribution >= 0.6 is 0 Å². The Hall–Kier alpha value is -1.39. The summed E-state index contributed by atoms with van der Waals surface area (Å²) >= 11 is 0. The van der Waals surface area contributed by atoms with E-state index in [4.69, 9.17) is 4.74 Å². The Balaban J connectivity index is 1.93. The van der Waals surface area contributed by atoms with Crippen molar-refractivity contribution in [2.75, 3.05) is 13.7 Å². The molecule has 1 aromatic carbocycles. The van der Waals surface area contributed by atoms with E-state index in [0.717, 1.165) is 24.8 Å². The van der Waals surface area contributed by atoms with Gasteiger partial charge >= 0.3 is 0 Å². The number of ether oxygens (including phenoxy) is 1. The fourth-order valence-corrected chi connectivity index (χ4v) is 2.48. The van der Waals surface area contributed by atoms with E-state index in [-0.39, 0.29) is 24.2 Å². The van der Waals surface area contributed by atoms with E-state index in [1.165, 1.54) is 0 Å². The van der Waals surface area contributed by atoms with Crippen molar-refractivity contribution in [3.05, 3.63) is 35.9 Å². The van der Waals surface area contributed by atoms with E-state index in [9.17, 15) is 9.90 Å². The molecule has 2 N–H and O–H groups in total. The predicted octanol–water partition coefficient (Wildman–Crippen LogP) is 1.80. The highest BCUT2D eigenvalue weighted by Crippen LogP contribution is 2.38. The first-order chi connectivity index (χ1) is 9.19. The van der Waals surface area contributed by atoms with Crippen LogP contribution in [0.4, 0.5) is 0 Å². The highest BCUT2D eigenvalue weighted by Gasteiger charge is 2.39. The van der Waals surface area contributed by atoms with Gasteiger partial charge in [0, 0.05) is 7.11 Å². The molecule has 0 saturated heterocycles. The lowest BCUT2D eigenvalue weighted by atomic mass is 9.77. The minimum absolute atomic E-state index is 0.0653. The predicted molar refractivity (Wildman–Crippen MR) is 72.6 cm³/mol. The number of methoxy groups -OCH3 is 1. The highest BCUT2D eigenvalue weighted by molar-refractivity contribution is 5.77. The summed E-state index contributed by atoms with van der Waals surface area (Å²) in [6.07, 6.45) is 3.36. The average Bonchev–Trinajstić information content (AvgIpc) is 2.41. The van der Waals surface area contributed by atoms with Crippen molar-refractivity contribution in [1.82, 2.24) is 5.32 Å². The molecule has 19 heavy (non-hydrogen) atoms. The van der Waals surface area contributed by atoms with Crippen molar-refractivity contribution in [3.63, 3.8) is 0 Å². The Morgan fingerprint density at radius 3 is 2.58 bits per heavy atom. The monoisotopic (exact) mass is 263 g/mol. The van der Waals surface area contributed by atoms with Gasteiger partial charge in [-0.05, 0) is 24.8 Å². The van der Waals surface area contributed by atoms with Crippen molar-refractivity contribution >= 4 is 5.91 Å². The summed E-state index contributed by atoms with van der Waals surface area (Å²) < 4.78 is 5.44. The molecule has 0 aromatic heterocycles. The second-order valence-corrected chi connectivity index (χ2v) is 5.13. The molecule has 4 heteroatoms. The van der Waals surface area contributed by atoms with Crippen LogP contribution in [0.25, 0.3) is 0 Å². The number of rotatable bonds is 6. The van der Waals surface area contributed by atoms with E-state index >= 15 is 0 Å². The zero-order valence-corrected chi connectivity index (χ0v) is 11.3. The van der Waals surface area contributed by atoms with Gasteiger partial charge in [-0.15, -0.1) is 0 Å². The Bertz CT molecular complexity index is 409. The zero-order valence-electron chi connectivity index (χ0n) is 11.3. The largest absolute Gasteiger partial charge is 0.394 e. The van der Waals surface area contributed by atoms with Crippen molar-refractivity contribution in [2.45, 2.75) is 37.3 Å². The van der Waals surface area contributed by atoms with Crippen molar-refractivity contribution in [3.8, 4) is 0 Å². The average molecular weight is 263 g/mol. The lowest BCUT2D eigenvalue weighted by Gasteiger charge is -2.40. The summed E-state index contributed by atoms with van der Waals surface area (Å²) in [7, 11) is 1.66. The Morgan fingerprint density at radius 2 is 2.11 bits per heavy atom. The fraction of sp³-hybridized carbons (Fsp3) is 0.533. The van der Waals surface area contributed by atoms with E-state index in [2.05, 4.69) is 5.32 Å². The maximum absolute atomic E-state index is 12.1. The van der Waals surface area contributed by atoms with Crippen LogP contribution in [-0.2, 0) is 9.53 Å². The Morgan fingerprint density at radius 1 is 1.42 bits per heavy atom. The van der Waals surface area contributed by atoms with Crippen LogP contribution in [0.1, 0.15) is 37.3 Å². The maximum Gasteiger partial charge on any atom is 0.223 e. The number of hydrogen-bond donors (Lipinski definition) is 2. The van der Waals surface area contributed by atoms with Crippen LogP contribution in [0.5, 0.6) is 0 Å². The molecular weight excluding hydrogens is 242 g/mol. The Kier molecular flexibility index (Phi) is 4.56. The molecule has 4 nitrogen and oxygen atoms in total. The molecule has 0 unspecified atom stereocenters.